The molecule has 0 aliphatic heterocycles. The van der Waals surface area contributed by atoms with Crippen molar-refractivity contribution in [3.63, 3.8) is 0 Å². The minimum atomic E-state index is -0.676. The largest absolute Gasteiger partial charge is 0.352 e. The molecule has 1 aromatic heterocycles. The van der Waals surface area contributed by atoms with E-state index in [0.29, 0.717) is 34.5 Å². The molecule has 2 N–H and O–H groups in total. The van der Waals surface area contributed by atoms with Gasteiger partial charge < -0.3 is 5.32 Å². The molecule has 3 aliphatic carbocycles. The standard InChI is InChI=1S/C20H23ClN4O3/c1-20(2)12-4-3-11(15(20)7-12)9-22-18(27)14-8-13(5-6-16(14)21)25-19(28)24-17(26)10-23-25/h5-6,8,10-12,15H,3-4,7,9H2,1-2H3,(H,22,27)(H,24,26,28)/t11-,12-,15-/m0/s1. The Hall–Kier alpha value is -2.41. The Bertz CT molecular complexity index is 1040. The van der Waals surface area contributed by atoms with Crippen LogP contribution in [0.4, 0.5) is 0 Å². The Kier molecular flexibility index (Phi) is 4.65. The first-order valence-electron chi connectivity index (χ1n) is 9.54. The number of aromatic amines is 1. The number of carbonyl (C=O) groups is 1. The van der Waals surface area contributed by atoms with Gasteiger partial charge in [0.2, 0.25) is 0 Å². The number of carbonyl (C=O) groups excluding carboxylic acids is 1. The number of benzene rings is 1. The van der Waals surface area contributed by atoms with Gasteiger partial charge in [0.1, 0.15) is 6.20 Å². The summed E-state index contributed by atoms with van der Waals surface area (Å²) in [5.41, 5.74) is -0.258. The second-order valence-electron chi connectivity index (χ2n) is 8.42. The molecule has 0 spiro atoms. The van der Waals surface area contributed by atoms with Crippen LogP contribution < -0.4 is 16.6 Å². The molecule has 3 aliphatic rings. The van der Waals surface area contributed by atoms with Crippen molar-refractivity contribution in [2.45, 2.75) is 33.1 Å². The molecule has 1 heterocycles. The van der Waals surface area contributed by atoms with Crippen LogP contribution in [0, 0.1) is 23.2 Å². The summed E-state index contributed by atoms with van der Waals surface area (Å²) in [5, 5.41) is 7.13. The Morgan fingerprint density at radius 1 is 1.36 bits per heavy atom. The molecule has 1 amide bonds. The summed E-state index contributed by atoms with van der Waals surface area (Å²) in [6, 6.07) is 4.63. The molecule has 28 heavy (non-hydrogen) atoms. The average molecular weight is 403 g/mol. The summed E-state index contributed by atoms with van der Waals surface area (Å²) in [6.45, 7) is 5.28. The van der Waals surface area contributed by atoms with Gasteiger partial charge in [0.05, 0.1) is 16.3 Å². The Labute approximate surface area is 167 Å². The molecule has 3 saturated carbocycles. The van der Waals surface area contributed by atoms with E-state index in [4.69, 9.17) is 11.6 Å². The van der Waals surface area contributed by atoms with Crippen molar-refractivity contribution in [2.75, 3.05) is 6.54 Å². The van der Waals surface area contributed by atoms with E-state index in [1.807, 2.05) is 0 Å². The first-order chi connectivity index (χ1) is 13.3. The van der Waals surface area contributed by atoms with Crippen LogP contribution in [0.25, 0.3) is 5.69 Å². The van der Waals surface area contributed by atoms with E-state index in [2.05, 4.69) is 29.2 Å². The number of fused-ring (bicyclic) bond motifs is 2. The van der Waals surface area contributed by atoms with E-state index >= 15 is 0 Å². The van der Waals surface area contributed by atoms with Crippen LogP contribution in [0.5, 0.6) is 0 Å². The fourth-order valence-corrected chi connectivity index (χ4v) is 5.09. The second kappa shape index (κ2) is 6.88. The van der Waals surface area contributed by atoms with Crippen molar-refractivity contribution in [1.29, 1.82) is 0 Å². The minimum absolute atomic E-state index is 0.274. The van der Waals surface area contributed by atoms with Crippen molar-refractivity contribution in [2.24, 2.45) is 23.2 Å². The normalized spacial score (nSPS) is 25.0. The molecule has 5 rings (SSSR count). The molecule has 1 aromatic carbocycles. The molecule has 3 atom stereocenters. The van der Waals surface area contributed by atoms with Crippen molar-refractivity contribution >= 4 is 17.5 Å². The van der Waals surface area contributed by atoms with Crippen molar-refractivity contribution < 1.29 is 4.79 Å². The number of rotatable bonds is 4. The van der Waals surface area contributed by atoms with Crippen molar-refractivity contribution in [3.05, 3.63) is 55.8 Å². The topological polar surface area (TPSA) is 96.8 Å². The highest BCUT2D eigenvalue weighted by atomic mass is 35.5. The summed E-state index contributed by atoms with van der Waals surface area (Å²) in [6.07, 6.45) is 4.63. The quantitative estimate of drug-likeness (QED) is 0.820. The van der Waals surface area contributed by atoms with Gasteiger partial charge >= 0.3 is 5.69 Å². The molecule has 0 radical (unpaired) electrons. The minimum Gasteiger partial charge on any atom is -0.352 e. The summed E-state index contributed by atoms with van der Waals surface area (Å²) in [4.78, 5) is 38.0. The second-order valence-corrected chi connectivity index (χ2v) is 8.83. The zero-order valence-electron chi connectivity index (χ0n) is 15.9. The number of hydrogen-bond donors (Lipinski definition) is 2. The van der Waals surface area contributed by atoms with E-state index in [1.165, 1.54) is 18.9 Å². The van der Waals surface area contributed by atoms with Gasteiger partial charge in [0.25, 0.3) is 11.5 Å². The lowest BCUT2D eigenvalue weighted by Gasteiger charge is -2.60. The fourth-order valence-electron chi connectivity index (χ4n) is 4.88. The number of amides is 1. The van der Waals surface area contributed by atoms with Gasteiger partial charge in [-0.2, -0.15) is 9.78 Å². The molecule has 8 heteroatoms. The zero-order chi connectivity index (χ0) is 20.1. The number of aromatic nitrogens is 3. The van der Waals surface area contributed by atoms with Gasteiger partial charge in [-0.05, 0) is 60.6 Å². The van der Waals surface area contributed by atoms with Crippen LogP contribution in [-0.4, -0.2) is 27.2 Å². The van der Waals surface area contributed by atoms with Crippen LogP contribution in [-0.2, 0) is 0 Å². The summed E-state index contributed by atoms with van der Waals surface area (Å²) in [5.74, 6) is 1.67. The SMILES string of the molecule is CC1(C)[C@H]2CC[C@@H](CNC(=O)c3cc(-n4ncc(=O)[nH]c4=O)ccc3Cl)[C@@H]1C2. The number of hydrogen-bond acceptors (Lipinski definition) is 4. The van der Waals surface area contributed by atoms with Crippen LogP contribution in [0.3, 0.4) is 0 Å². The van der Waals surface area contributed by atoms with Crippen LogP contribution >= 0.6 is 11.6 Å². The average Bonchev–Trinajstić information content (AvgIpc) is 2.67. The molecule has 0 saturated heterocycles. The van der Waals surface area contributed by atoms with Gasteiger partial charge in [0, 0.05) is 6.54 Å². The maximum atomic E-state index is 12.8. The molecular formula is C20H23ClN4O3. The van der Waals surface area contributed by atoms with E-state index in [1.54, 1.807) is 12.1 Å². The number of halogens is 1. The first kappa shape index (κ1) is 18.9. The Morgan fingerprint density at radius 3 is 2.82 bits per heavy atom. The van der Waals surface area contributed by atoms with Gasteiger partial charge in [-0.1, -0.05) is 25.4 Å². The lowest BCUT2D eigenvalue weighted by Crippen LogP contribution is -2.54. The maximum absolute atomic E-state index is 12.8. The van der Waals surface area contributed by atoms with E-state index in [9.17, 15) is 14.4 Å². The molecule has 7 nitrogen and oxygen atoms in total. The summed E-state index contributed by atoms with van der Waals surface area (Å²) < 4.78 is 1.02. The monoisotopic (exact) mass is 402 g/mol. The molecule has 3 fully saturated rings. The van der Waals surface area contributed by atoms with Crippen molar-refractivity contribution in [3.8, 4) is 5.69 Å². The van der Waals surface area contributed by atoms with Crippen molar-refractivity contribution in [1.82, 2.24) is 20.1 Å². The summed E-state index contributed by atoms with van der Waals surface area (Å²) in [7, 11) is 0. The smallest absolute Gasteiger partial charge is 0.349 e. The third kappa shape index (κ3) is 3.17. The third-order valence-corrected chi connectivity index (χ3v) is 7.01. The number of nitrogens with one attached hydrogen (secondary N) is 2. The third-order valence-electron chi connectivity index (χ3n) is 6.68. The van der Waals surface area contributed by atoms with Crippen LogP contribution in [0.2, 0.25) is 5.02 Å². The maximum Gasteiger partial charge on any atom is 0.349 e. The van der Waals surface area contributed by atoms with Crippen LogP contribution in [0.15, 0.2) is 34.0 Å². The molecule has 0 unspecified atom stereocenters. The summed E-state index contributed by atoms with van der Waals surface area (Å²) >= 11 is 6.22. The van der Waals surface area contributed by atoms with Gasteiger partial charge in [-0.25, -0.2) is 4.79 Å². The highest BCUT2D eigenvalue weighted by Gasteiger charge is 2.53. The highest BCUT2D eigenvalue weighted by molar-refractivity contribution is 6.33. The highest BCUT2D eigenvalue weighted by Crippen LogP contribution is 2.61. The lowest BCUT2D eigenvalue weighted by atomic mass is 9.45. The van der Waals surface area contributed by atoms with E-state index in [0.717, 1.165) is 23.2 Å². The predicted octanol–water partition coefficient (Wildman–Crippen LogP) is 2.38. The zero-order valence-corrected chi connectivity index (χ0v) is 16.6. The fraction of sp³-hybridized carbons (Fsp3) is 0.500. The Balaban J connectivity index is 1.51. The lowest BCUT2D eigenvalue weighted by molar-refractivity contribution is -0.103. The molecule has 2 bridgehead atoms. The van der Waals surface area contributed by atoms with Gasteiger partial charge in [0.15, 0.2) is 0 Å². The molecule has 148 valence electrons. The Morgan fingerprint density at radius 2 is 2.14 bits per heavy atom. The van der Waals surface area contributed by atoms with Gasteiger partial charge in [-0.15, -0.1) is 0 Å². The van der Waals surface area contributed by atoms with Crippen LogP contribution in [0.1, 0.15) is 43.5 Å². The first-order valence-corrected chi connectivity index (χ1v) is 9.92. The number of nitrogens with zero attached hydrogens (tertiary/aromatic N) is 2. The van der Waals surface area contributed by atoms with Gasteiger partial charge in [-0.3, -0.25) is 14.6 Å². The van der Waals surface area contributed by atoms with E-state index < -0.39 is 11.2 Å². The predicted molar refractivity (Wildman–Crippen MR) is 106 cm³/mol. The molecule has 2 aromatic rings. The molecular weight excluding hydrogens is 380 g/mol. The van der Waals surface area contributed by atoms with E-state index in [-0.39, 0.29) is 11.5 Å². The number of H-pyrrole nitrogens is 1.